The van der Waals surface area contributed by atoms with E-state index in [-0.39, 0.29) is 0 Å². The van der Waals surface area contributed by atoms with E-state index in [2.05, 4.69) is 41.7 Å². The Morgan fingerprint density at radius 1 is 0.857 bits per heavy atom. The molecule has 0 aromatic heterocycles. The quantitative estimate of drug-likeness (QED) is 0.720. The van der Waals surface area contributed by atoms with Crippen LogP contribution < -0.4 is 14.8 Å². The smallest absolute Gasteiger partial charge is 0.166 e. The van der Waals surface area contributed by atoms with Gasteiger partial charge in [-0.15, -0.1) is 0 Å². The number of nitrogens with one attached hydrogen (secondary N) is 1. The van der Waals surface area contributed by atoms with Gasteiger partial charge in [0.2, 0.25) is 0 Å². The van der Waals surface area contributed by atoms with Gasteiger partial charge in [-0.2, -0.15) is 0 Å². The molecule has 28 heavy (non-hydrogen) atoms. The topological polar surface area (TPSA) is 30.5 Å². The highest BCUT2D eigenvalue weighted by Gasteiger charge is 2.47. The van der Waals surface area contributed by atoms with Gasteiger partial charge < -0.3 is 14.8 Å². The number of ether oxygens (including phenoxy) is 2. The third-order valence-corrected chi connectivity index (χ3v) is 7.26. The SMILES string of the molecule is COc1cccc(CNC2C3CC4CC(C3)CC2C4)c1OCc1ccccc1. The van der Waals surface area contributed by atoms with Crippen molar-refractivity contribution in [2.75, 3.05) is 7.11 Å². The summed E-state index contributed by atoms with van der Waals surface area (Å²) < 4.78 is 11.8. The first-order chi connectivity index (χ1) is 13.8. The average molecular weight is 378 g/mol. The van der Waals surface area contributed by atoms with Gasteiger partial charge in [-0.05, 0) is 67.4 Å². The Morgan fingerprint density at radius 3 is 2.25 bits per heavy atom. The van der Waals surface area contributed by atoms with Gasteiger partial charge in [-0.3, -0.25) is 0 Å². The number of rotatable bonds is 7. The second-order valence-corrected chi connectivity index (χ2v) is 9.06. The third-order valence-electron chi connectivity index (χ3n) is 7.26. The highest BCUT2D eigenvalue weighted by Crippen LogP contribution is 2.53. The molecule has 0 radical (unpaired) electrons. The maximum Gasteiger partial charge on any atom is 0.166 e. The van der Waals surface area contributed by atoms with E-state index in [9.17, 15) is 0 Å². The minimum absolute atomic E-state index is 0.562. The van der Waals surface area contributed by atoms with Crippen LogP contribution in [0.2, 0.25) is 0 Å². The normalized spacial score (nSPS) is 30.4. The Hall–Kier alpha value is -2.00. The Bertz CT molecular complexity index is 775. The van der Waals surface area contributed by atoms with Crippen molar-refractivity contribution in [1.82, 2.24) is 5.32 Å². The van der Waals surface area contributed by atoms with E-state index in [1.165, 1.54) is 43.2 Å². The van der Waals surface area contributed by atoms with Crippen LogP contribution in [0.3, 0.4) is 0 Å². The van der Waals surface area contributed by atoms with Gasteiger partial charge in [0.25, 0.3) is 0 Å². The first-order valence-corrected chi connectivity index (χ1v) is 10.9. The molecule has 0 atom stereocenters. The van der Waals surface area contributed by atoms with Crippen LogP contribution in [0.5, 0.6) is 11.5 Å². The summed E-state index contributed by atoms with van der Waals surface area (Å²) in [4.78, 5) is 0. The molecule has 3 heteroatoms. The van der Waals surface area contributed by atoms with Crippen LogP contribution in [-0.2, 0) is 13.2 Å². The summed E-state index contributed by atoms with van der Waals surface area (Å²) in [6.45, 7) is 1.42. The molecule has 2 aromatic carbocycles. The predicted octanol–water partition coefficient (Wildman–Crippen LogP) is 5.19. The monoisotopic (exact) mass is 377 g/mol. The molecule has 0 heterocycles. The highest BCUT2D eigenvalue weighted by atomic mass is 16.5. The number of hydrogen-bond donors (Lipinski definition) is 1. The highest BCUT2D eigenvalue weighted by molar-refractivity contribution is 5.46. The molecule has 0 saturated heterocycles. The molecule has 3 nitrogen and oxygen atoms in total. The Labute approximate surface area is 168 Å². The maximum absolute atomic E-state index is 6.24. The van der Waals surface area contributed by atoms with Gasteiger partial charge in [0.05, 0.1) is 7.11 Å². The van der Waals surface area contributed by atoms with Crippen LogP contribution in [-0.4, -0.2) is 13.2 Å². The Kier molecular flexibility index (Phi) is 5.02. The zero-order chi connectivity index (χ0) is 18.9. The van der Waals surface area contributed by atoms with Crippen molar-refractivity contribution in [2.24, 2.45) is 23.7 Å². The molecule has 0 amide bonds. The van der Waals surface area contributed by atoms with Crippen molar-refractivity contribution in [2.45, 2.75) is 51.3 Å². The van der Waals surface area contributed by atoms with Crippen molar-refractivity contribution < 1.29 is 9.47 Å². The fourth-order valence-electron chi connectivity index (χ4n) is 6.24. The summed E-state index contributed by atoms with van der Waals surface area (Å²) in [7, 11) is 1.72. The van der Waals surface area contributed by atoms with Crippen LogP contribution in [0.1, 0.15) is 43.2 Å². The van der Waals surface area contributed by atoms with Crippen molar-refractivity contribution >= 4 is 0 Å². The van der Waals surface area contributed by atoms with Gasteiger partial charge in [-0.25, -0.2) is 0 Å². The average Bonchev–Trinajstić information content (AvgIpc) is 2.72. The van der Waals surface area contributed by atoms with E-state index >= 15 is 0 Å². The van der Waals surface area contributed by atoms with E-state index in [1.807, 2.05) is 12.1 Å². The molecule has 4 bridgehead atoms. The van der Waals surface area contributed by atoms with E-state index in [4.69, 9.17) is 9.47 Å². The van der Waals surface area contributed by atoms with Gasteiger partial charge in [0.1, 0.15) is 6.61 Å². The van der Waals surface area contributed by atoms with Crippen molar-refractivity contribution in [3.63, 3.8) is 0 Å². The Balaban J connectivity index is 1.29. The van der Waals surface area contributed by atoms with E-state index < -0.39 is 0 Å². The second kappa shape index (κ2) is 7.79. The molecule has 1 N–H and O–H groups in total. The fourth-order valence-corrected chi connectivity index (χ4v) is 6.24. The van der Waals surface area contributed by atoms with Crippen molar-refractivity contribution in [3.8, 4) is 11.5 Å². The van der Waals surface area contributed by atoms with Crippen LogP contribution in [0.25, 0.3) is 0 Å². The van der Waals surface area contributed by atoms with Crippen LogP contribution in [0.15, 0.2) is 48.5 Å². The minimum atomic E-state index is 0.562. The molecule has 0 unspecified atom stereocenters. The van der Waals surface area contributed by atoms with Crippen LogP contribution in [0, 0.1) is 23.7 Å². The van der Waals surface area contributed by atoms with Crippen LogP contribution >= 0.6 is 0 Å². The van der Waals surface area contributed by atoms with Crippen molar-refractivity contribution in [1.29, 1.82) is 0 Å². The first-order valence-electron chi connectivity index (χ1n) is 10.9. The predicted molar refractivity (Wildman–Crippen MR) is 111 cm³/mol. The minimum Gasteiger partial charge on any atom is -0.493 e. The first kappa shape index (κ1) is 18.1. The fraction of sp³-hybridized carbons (Fsp3) is 0.520. The molecular weight excluding hydrogens is 346 g/mol. The molecule has 0 spiro atoms. The number of benzene rings is 2. The van der Waals surface area contributed by atoms with E-state index in [1.54, 1.807) is 7.11 Å². The van der Waals surface area contributed by atoms with Gasteiger partial charge >= 0.3 is 0 Å². The van der Waals surface area contributed by atoms with E-state index in [0.717, 1.165) is 41.7 Å². The summed E-state index contributed by atoms with van der Waals surface area (Å²) in [5, 5.41) is 3.94. The molecule has 4 aliphatic rings. The van der Waals surface area contributed by atoms with Gasteiger partial charge in [0, 0.05) is 18.2 Å². The number of hydrogen-bond acceptors (Lipinski definition) is 3. The molecule has 2 aromatic rings. The summed E-state index contributed by atoms with van der Waals surface area (Å²) in [6.07, 6.45) is 7.29. The standard InChI is InChI=1S/C25H31NO2/c1-27-23-9-5-8-20(25(23)28-16-17-6-3-2-4-7-17)15-26-24-21-11-18-10-19(13-21)14-22(24)12-18/h2-9,18-19,21-22,24,26H,10-16H2,1H3. The van der Waals surface area contributed by atoms with Crippen molar-refractivity contribution in [3.05, 3.63) is 59.7 Å². The molecule has 0 aliphatic heterocycles. The Morgan fingerprint density at radius 2 is 1.57 bits per heavy atom. The lowest BCUT2D eigenvalue weighted by Crippen LogP contribution is -2.54. The molecule has 6 rings (SSSR count). The maximum atomic E-state index is 6.24. The van der Waals surface area contributed by atoms with Gasteiger partial charge in [0.15, 0.2) is 11.5 Å². The molecular formula is C25H31NO2. The summed E-state index contributed by atoms with van der Waals surface area (Å²) in [5.41, 5.74) is 2.37. The van der Waals surface area contributed by atoms with Gasteiger partial charge in [-0.1, -0.05) is 42.5 Å². The second-order valence-electron chi connectivity index (χ2n) is 9.06. The summed E-state index contributed by atoms with van der Waals surface area (Å²) >= 11 is 0. The number of para-hydroxylation sites is 1. The lowest BCUT2D eigenvalue weighted by molar-refractivity contribution is -0.0143. The lowest BCUT2D eigenvalue weighted by Gasteiger charge is -2.54. The number of methoxy groups -OCH3 is 1. The zero-order valence-corrected chi connectivity index (χ0v) is 16.8. The lowest BCUT2D eigenvalue weighted by atomic mass is 9.54. The molecule has 4 saturated carbocycles. The molecule has 148 valence electrons. The zero-order valence-electron chi connectivity index (χ0n) is 16.8. The van der Waals surface area contributed by atoms with E-state index in [0.29, 0.717) is 12.6 Å². The summed E-state index contributed by atoms with van der Waals surface area (Å²) in [6, 6.07) is 17.3. The third kappa shape index (κ3) is 3.53. The summed E-state index contributed by atoms with van der Waals surface area (Å²) in [5.74, 6) is 5.50. The largest absolute Gasteiger partial charge is 0.493 e. The van der Waals surface area contributed by atoms with Crippen LogP contribution in [0.4, 0.5) is 0 Å². The molecule has 4 fully saturated rings. The molecule has 4 aliphatic carbocycles.